The molecule has 2 aromatic heterocycles. The van der Waals surface area contributed by atoms with Crippen LogP contribution in [-0.4, -0.2) is 42.4 Å². The highest BCUT2D eigenvalue weighted by Gasteiger charge is 2.22. The average molecular weight is 430 g/mol. The maximum atomic E-state index is 12.4. The molecule has 1 aliphatic rings. The maximum Gasteiger partial charge on any atom is 0.320 e. The Labute approximate surface area is 187 Å². The Balaban J connectivity index is 1.35. The number of amides is 2. The fourth-order valence-electron chi connectivity index (χ4n) is 3.99. The number of carbonyl (C=O) groups excluding carboxylic acids is 1. The van der Waals surface area contributed by atoms with Crippen LogP contribution in [0.15, 0.2) is 54.9 Å². The van der Waals surface area contributed by atoms with Crippen molar-refractivity contribution >= 4 is 35.1 Å². The lowest BCUT2D eigenvalue weighted by Gasteiger charge is -2.33. The number of aromatic nitrogens is 2. The molecule has 4 N–H and O–H groups in total. The van der Waals surface area contributed by atoms with Gasteiger partial charge >= 0.3 is 6.03 Å². The third-order valence-corrected chi connectivity index (χ3v) is 5.50. The lowest BCUT2D eigenvalue weighted by molar-refractivity contribution is 0.250. The van der Waals surface area contributed by atoms with Crippen molar-refractivity contribution in [3.8, 4) is 0 Å². The number of nitrogens with one attached hydrogen (secondary N) is 4. The summed E-state index contributed by atoms with van der Waals surface area (Å²) in [5, 5.41) is 16.7. The molecular weight excluding hydrogens is 402 g/mol. The average Bonchev–Trinajstić information content (AvgIpc) is 2.79. The molecular formula is C24H27N7O. The number of benzene rings is 1. The summed E-state index contributed by atoms with van der Waals surface area (Å²) in [5.41, 5.74) is 5.61. The van der Waals surface area contributed by atoms with Gasteiger partial charge in [0.25, 0.3) is 0 Å². The summed E-state index contributed by atoms with van der Waals surface area (Å²) < 4.78 is 0. The number of urea groups is 1. The summed E-state index contributed by atoms with van der Waals surface area (Å²) in [6.07, 6.45) is 5.50. The van der Waals surface area contributed by atoms with Gasteiger partial charge in [-0.3, -0.25) is 10.3 Å². The number of rotatable bonds is 6. The predicted octanol–water partition coefficient (Wildman–Crippen LogP) is 3.96. The molecule has 0 radical (unpaired) electrons. The van der Waals surface area contributed by atoms with Crippen LogP contribution in [0.3, 0.4) is 0 Å². The fraction of sp³-hybridized carbons (Fsp3) is 0.250. The molecule has 1 unspecified atom stereocenters. The van der Waals surface area contributed by atoms with Crippen LogP contribution in [0, 0.1) is 18.3 Å². The Morgan fingerprint density at radius 2 is 2.09 bits per heavy atom. The summed E-state index contributed by atoms with van der Waals surface area (Å²) in [7, 11) is 2.08. The van der Waals surface area contributed by atoms with Gasteiger partial charge in [0.05, 0.1) is 11.9 Å². The molecule has 8 heteroatoms. The fourth-order valence-corrected chi connectivity index (χ4v) is 3.99. The zero-order valence-corrected chi connectivity index (χ0v) is 18.2. The van der Waals surface area contributed by atoms with Gasteiger partial charge in [0.15, 0.2) is 0 Å². The van der Waals surface area contributed by atoms with Gasteiger partial charge < -0.3 is 20.9 Å². The molecule has 8 nitrogen and oxygen atoms in total. The van der Waals surface area contributed by atoms with E-state index in [-0.39, 0.29) is 6.03 Å². The smallest absolute Gasteiger partial charge is 0.320 e. The Hall–Kier alpha value is -3.94. The maximum absolute atomic E-state index is 12.4. The van der Waals surface area contributed by atoms with E-state index in [1.807, 2.05) is 19.1 Å². The first kappa shape index (κ1) is 21.3. The van der Waals surface area contributed by atoms with Crippen molar-refractivity contribution in [1.82, 2.24) is 15.3 Å². The van der Waals surface area contributed by atoms with Gasteiger partial charge in [-0.25, -0.2) is 9.78 Å². The van der Waals surface area contributed by atoms with E-state index in [4.69, 9.17) is 5.41 Å². The SMILES string of the molecule is Cc1cc(Nc2cnc(NC(=O)NCC3Cc4ccccc4N(C)C3)cc2C=N)ccn1. The normalized spacial score (nSPS) is 14.9. The highest BCUT2D eigenvalue weighted by molar-refractivity contribution is 5.92. The van der Waals surface area contributed by atoms with Gasteiger partial charge in [0.1, 0.15) is 5.82 Å². The first-order chi connectivity index (χ1) is 15.5. The van der Waals surface area contributed by atoms with Crippen molar-refractivity contribution in [3.05, 3.63) is 71.7 Å². The minimum atomic E-state index is -0.305. The summed E-state index contributed by atoms with van der Waals surface area (Å²) >= 11 is 0. The molecule has 1 aromatic carbocycles. The summed E-state index contributed by atoms with van der Waals surface area (Å²) in [6, 6.07) is 13.5. The van der Waals surface area contributed by atoms with Crippen LogP contribution in [0.25, 0.3) is 0 Å². The molecule has 0 bridgehead atoms. The van der Waals surface area contributed by atoms with Gasteiger partial charge in [-0.2, -0.15) is 0 Å². The third-order valence-electron chi connectivity index (χ3n) is 5.50. The van der Waals surface area contributed by atoms with Crippen LogP contribution in [0.4, 0.5) is 27.7 Å². The molecule has 3 aromatic rings. The molecule has 1 aliphatic heterocycles. The van der Waals surface area contributed by atoms with Gasteiger partial charge in [0, 0.05) is 55.2 Å². The molecule has 0 spiro atoms. The number of carbonyl (C=O) groups is 1. The van der Waals surface area contributed by atoms with Crippen molar-refractivity contribution in [1.29, 1.82) is 5.41 Å². The summed E-state index contributed by atoms with van der Waals surface area (Å²) in [6.45, 7) is 3.38. The van der Waals surface area contributed by atoms with Crippen LogP contribution >= 0.6 is 0 Å². The number of hydrogen-bond acceptors (Lipinski definition) is 6. The largest absolute Gasteiger partial charge is 0.374 e. The predicted molar refractivity (Wildman–Crippen MR) is 128 cm³/mol. The number of anilines is 4. The number of pyridine rings is 2. The quantitative estimate of drug-likeness (QED) is 0.444. The van der Waals surface area contributed by atoms with Crippen LogP contribution in [-0.2, 0) is 6.42 Å². The molecule has 0 aliphatic carbocycles. The standard InChI is InChI=1S/C24H27N7O/c1-16-9-20(7-8-26-16)29-21-14-27-23(11-19(21)12-25)30-24(32)28-13-17-10-18-5-3-4-6-22(18)31(2)15-17/h3-9,11-12,14,17,25H,10,13,15H2,1-2H3,(H,26,29)(H2,27,28,30,32). The second-order valence-corrected chi connectivity index (χ2v) is 8.03. The summed E-state index contributed by atoms with van der Waals surface area (Å²) in [5.74, 6) is 0.727. The molecule has 32 heavy (non-hydrogen) atoms. The number of nitrogens with zero attached hydrogens (tertiary/aromatic N) is 3. The molecule has 0 fully saturated rings. The van der Waals surface area contributed by atoms with Crippen molar-refractivity contribution in [2.75, 3.05) is 35.7 Å². The minimum Gasteiger partial charge on any atom is -0.374 e. The Bertz CT molecular complexity index is 1130. The van der Waals surface area contributed by atoms with Crippen molar-refractivity contribution in [3.63, 3.8) is 0 Å². The lowest BCUT2D eigenvalue weighted by atomic mass is 9.93. The zero-order chi connectivity index (χ0) is 22.5. The van der Waals surface area contributed by atoms with Gasteiger partial charge in [-0.05, 0) is 49.1 Å². The second-order valence-electron chi connectivity index (χ2n) is 8.03. The van der Waals surface area contributed by atoms with E-state index >= 15 is 0 Å². The minimum absolute atomic E-state index is 0.305. The zero-order valence-electron chi connectivity index (χ0n) is 18.2. The number of fused-ring (bicyclic) bond motifs is 1. The van der Waals surface area contributed by atoms with Crippen LogP contribution < -0.4 is 20.9 Å². The third kappa shape index (κ3) is 5.03. The van der Waals surface area contributed by atoms with Crippen molar-refractivity contribution in [2.45, 2.75) is 13.3 Å². The molecule has 3 heterocycles. The van der Waals surface area contributed by atoms with Gasteiger partial charge in [0.2, 0.25) is 0 Å². The Kier molecular flexibility index (Phi) is 6.30. The molecule has 2 amide bonds. The van der Waals surface area contributed by atoms with Gasteiger partial charge in [-0.15, -0.1) is 0 Å². The topological polar surface area (TPSA) is 106 Å². The lowest BCUT2D eigenvalue weighted by Crippen LogP contribution is -2.40. The van der Waals surface area contributed by atoms with Gasteiger partial charge in [-0.1, -0.05) is 18.2 Å². The highest BCUT2D eigenvalue weighted by atomic mass is 16.2. The van der Waals surface area contributed by atoms with Crippen molar-refractivity contribution in [2.24, 2.45) is 5.92 Å². The van der Waals surface area contributed by atoms with Crippen LogP contribution in [0.1, 0.15) is 16.8 Å². The first-order valence-electron chi connectivity index (χ1n) is 10.6. The Morgan fingerprint density at radius 1 is 1.25 bits per heavy atom. The molecule has 4 rings (SSSR count). The van der Waals surface area contributed by atoms with E-state index in [1.54, 1.807) is 18.5 Å². The second kappa shape index (κ2) is 9.47. The van der Waals surface area contributed by atoms with Crippen LogP contribution in [0.5, 0.6) is 0 Å². The van der Waals surface area contributed by atoms with E-state index in [1.165, 1.54) is 17.5 Å². The molecule has 0 saturated carbocycles. The highest BCUT2D eigenvalue weighted by Crippen LogP contribution is 2.28. The van der Waals surface area contributed by atoms with Crippen LogP contribution in [0.2, 0.25) is 0 Å². The van der Waals surface area contributed by atoms with E-state index in [9.17, 15) is 4.79 Å². The first-order valence-corrected chi connectivity index (χ1v) is 10.6. The number of aryl methyl sites for hydroxylation is 1. The van der Waals surface area contributed by atoms with E-state index in [2.05, 4.69) is 62.1 Å². The number of hydrogen-bond donors (Lipinski definition) is 4. The number of para-hydroxylation sites is 1. The van der Waals surface area contributed by atoms with E-state index < -0.39 is 0 Å². The molecule has 0 saturated heterocycles. The summed E-state index contributed by atoms with van der Waals surface area (Å²) in [4.78, 5) is 23.2. The Morgan fingerprint density at radius 3 is 2.91 bits per heavy atom. The van der Waals surface area contributed by atoms with E-state index in [0.717, 1.165) is 24.3 Å². The van der Waals surface area contributed by atoms with E-state index in [0.29, 0.717) is 29.5 Å². The molecule has 1 atom stereocenters. The molecule has 164 valence electrons. The van der Waals surface area contributed by atoms with Crippen molar-refractivity contribution < 1.29 is 4.79 Å². The monoisotopic (exact) mass is 429 g/mol.